The first-order chi connectivity index (χ1) is 16.1. The number of aliphatic hydroxyl groups excluding tert-OH is 1. The van der Waals surface area contributed by atoms with Crippen LogP contribution in [0.2, 0.25) is 0 Å². The van der Waals surface area contributed by atoms with Gasteiger partial charge in [-0.1, -0.05) is 0 Å². The van der Waals surface area contributed by atoms with Crippen molar-refractivity contribution < 1.29 is 29.7 Å². The van der Waals surface area contributed by atoms with Crippen molar-refractivity contribution in [2.24, 2.45) is 17.6 Å². The van der Waals surface area contributed by atoms with Crippen molar-refractivity contribution in [1.82, 2.24) is 0 Å². The second-order valence-corrected chi connectivity index (χ2v) is 10.1. The molecule has 0 unspecified atom stereocenters. The van der Waals surface area contributed by atoms with Crippen molar-refractivity contribution in [1.29, 1.82) is 0 Å². The highest BCUT2D eigenvalue weighted by molar-refractivity contribution is 6.20. The van der Waals surface area contributed by atoms with Gasteiger partial charge in [-0.3, -0.25) is 14.4 Å². The average Bonchev–Trinajstić information content (AvgIpc) is 2.78. The number of aromatic hydroxyl groups is 1. The van der Waals surface area contributed by atoms with Crippen LogP contribution >= 0.6 is 0 Å². The summed E-state index contributed by atoms with van der Waals surface area (Å²) in [6.07, 6.45) is 3.83. The molecule has 0 spiro atoms. The minimum Gasteiger partial charge on any atom is -0.508 e. The SMILES string of the molecule is CC1=C2C(=O)c3c(O)c(N4CCCCC4)cc(C)c3C[C@H]2C[C@H]2CC(=O)C(C(N)=O)=C(O)[C@@]12O. The van der Waals surface area contributed by atoms with Gasteiger partial charge in [-0.15, -0.1) is 0 Å². The van der Waals surface area contributed by atoms with Crippen molar-refractivity contribution in [3.63, 3.8) is 0 Å². The lowest BCUT2D eigenvalue weighted by atomic mass is 9.58. The number of amides is 1. The molecule has 3 aliphatic carbocycles. The zero-order valence-corrected chi connectivity index (χ0v) is 19.5. The van der Waals surface area contributed by atoms with Crippen molar-refractivity contribution in [3.05, 3.63) is 45.2 Å². The van der Waals surface area contributed by atoms with E-state index in [1.54, 1.807) is 6.92 Å². The lowest BCUT2D eigenvalue weighted by Gasteiger charge is -2.48. The number of anilines is 1. The molecule has 5 rings (SSSR count). The Morgan fingerprint density at radius 3 is 2.44 bits per heavy atom. The van der Waals surface area contributed by atoms with Gasteiger partial charge in [-0.05, 0) is 74.6 Å². The summed E-state index contributed by atoms with van der Waals surface area (Å²) in [5.41, 5.74) is 5.85. The molecule has 5 N–H and O–H groups in total. The normalized spacial score (nSPS) is 29.1. The maximum atomic E-state index is 13.9. The summed E-state index contributed by atoms with van der Waals surface area (Å²) in [5, 5.41) is 33.7. The molecular formula is C26H30N2O6. The number of aryl methyl sites for hydroxylation is 1. The van der Waals surface area contributed by atoms with Crippen molar-refractivity contribution in [2.75, 3.05) is 18.0 Å². The van der Waals surface area contributed by atoms with Gasteiger partial charge in [0.15, 0.2) is 11.6 Å². The second-order valence-electron chi connectivity index (χ2n) is 10.1. The van der Waals surface area contributed by atoms with Gasteiger partial charge in [0.05, 0.1) is 11.3 Å². The Labute approximate surface area is 197 Å². The van der Waals surface area contributed by atoms with Crippen LogP contribution in [0.1, 0.15) is 60.5 Å². The van der Waals surface area contributed by atoms with E-state index in [1.165, 1.54) is 0 Å². The van der Waals surface area contributed by atoms with Crippen LogP contribution in [-0.4, -0.2) is 51.5 Å². The summed E-state index contributed by atoms with van der Waals surface area (Å²) >= 11 is 0. The molecule has 1 aromatic carbocycles. The molecule has 4 aliphatic rings. The van der Waals surface area contributed by atoms with E-state index in [-0.39, 0.29) is 35.0 Å². The number of fused-ring (bicyclic) bond motifs is 3. The first-order valence-corrected chi connectivity index (χ1v) is 11.9. The number of piperidine rings is 1. The number of nitrogens with two attached hydrogens (primary N) is 1. The number of phenols is 1. The Hall–Kier alpha value is -3.13. The fourth-order valence-electron chi connectivity index (χ4n) is 6.59. The minimum atomic E-state index is -2.02. The first kappa shape index (κ1) is 22.7. The predicted molar refractivity (Wildman–Crippen MR) is 125 cm³/mol. The van der Waals surface area contributed by atoms with Crippen LogP contribution < -0.4 is 10.6 Å². The third-order valence-electron chi connectivity index (χ3n) is 8.33. The molecular weight excluding hydrogens is 436 g/mol. The molecule has 34 heavy (non-hydrogen) atoms. The van der Waals surface area contributed by atoms with E-state index in [1.807, 2.05) is 13.0 Å². The number of aliphatic hydroxyl groups is 2. The van der Waals surface area contributed by atoms with Crippen LogP contribution in [0.3, 0.4) is 0 Å². The van der Waals surface area contributed by atoms with Crippen LogP contribution in [0.15, 0.2) is 28.5 Å². The third kappa shape index (κ3) is 2.97. The summed E-state index contributed by atoms with van der Waals surface area (Å²) < 4.78 is 0. The number of phenolic OH excluding ortho intramolecular Hbond substituents is 1. The molecule has 8 nitrogen and oxygen atoms in total. The molecule has 0 radical (unpaired) electrons. The molecule has 8 heteroatoms. The van der Waals surface area contributed by atoms with Gasteiger partial charge in [0.2, 0.25) is 0 Å². The molecule has 3 atom stereocenters. The maximum absolute atomic E-state index is 13.9. The fraction of sp³-hybridized carbons (Fsp3) is 0.500. The Kier molecular flexibility index (Phi) is 5.13. The van der Waals surface area contributed by atoms with Gasteiger partial charge in [0, 0.05) is 31.0 Å². The quantitative estimate of drug-likeness (QED) is 0.490. The summed E-state index contributed by atoms with van der Waals surface area (Å²) in [6.45, 7) is 5.13. The van der Waals surface area contributed by atoms with E-state index in [9.17, 15) is 29.7 Å². The van der Waals surface area contributed by atoms with Crippen LogP contribution in [0.5, 0.6) is 5.75 Å². The molecule has 1 saturated heterocycles. The number of hydrogen-bond donors (Lipinski definition) is 4. The fourth-order valence-corrected chi connectivity index (χ4v) is 6.59. The maximum Gasteiger partial charge on any atom is 0.255 e. The van der Waals surface area contributed by atoms with E-state index < -0.39 is 34.5 Å². The second kappa shape index (κ2) is 7.70. The average molecular weight is 467 g/mol. The van der Waals surface area contributed by atoms with Crippen LogP contribution in [0.4, 0.5) is 5.69 Å². The number of rotatable bonds is 2. The number of carbonyl (C=O) groups excluding carboxylic acids is 3. The van der Waals surface area contributed by atoms with Crippen LogP contribution in [0.25, 0.3) is 0 Å². The van der Waals surface area contributed by atoms with Crippen molar-refractivity contribution in [3.8, 4) is 5.75 Å². The number of Topliss-reactive ketones (excluding diaryl/α,β-unsaturated/α-hetero) is 2. The number of primary amides is 1. The molecule has 0 aromatic heterocycles. The molecule has 1 heterocycles. The number of carbonyl (C=O) groups is 3. The van der Waals surface area contributed by atoms with Gasteiger partial charge in [0.25, 0.3) is 5.91 Å². The number of nitrogens with zero attached hydrogens (tertiary/aromatic N) is 1. The summed E-state index contributed by atoms with van der Waals surface area (Å²) in [7, 11) is 0. The van der Waals surface area contributed by atoms with Gasteiger partial charge in [0.1, 0.15) is 22.7 Å². The summed E-state index contributed by atoms with van der Waals surface area (Å²) in [4.78, 5) is 40.3. The smallest absolute Gasteiger partial charge is 0.255 e. The largest absolute Gasteiger partial charge is 0.508 e. The van der Waals surface area contributed by atoms with E-state index >= 15 is 0 Å². The van der Waals surface area contributed by atoms with E-state index in [4.69, 9.17) is 5.73 Å². The standard InChI is InChI=1S/C26H30N2O6/c1-12-8-17(28-6-4-3-5-7-28)22(30)20-16(12)10-14-9-15-11-18(29)21(25(27)33)24(32)26(15,34)13(2)19(14)23(20)31/h8,14-15,30,32,34H,3-7,9-11H2,1-2H3,(H2,27,33)/t14-,15+,26-/m1/s1. The first-order valence-electron chi connectivity index (χ1n) is 11.9. The molecule has 180 valence electrons. The number of hydrogen-bond acceptors (Lipinski definition) is 7. The minimum absolute atomic E-state index is 0.0447. The monoisotopic (exact) mass is 466 g/mol. The Morgan fingerprint density at radius 2 is 1.79 bits per heavy atom. The molecule has 1 aliphatic heterocycles. The van der Waals surface area contributed by atoms with Crippen molar-refractivity contribution >= 4 is 23.2 Å². The molecule has 1 amide bonds. The lowest BCUT2D eigenvalue weighted by molar-refractivity contribution is -0.126. The van der Waals surface area contributed by atoms with E-state index in [0.717, 1.165) is 43.5 Å². The number of ketones is 2. The highest BCUT2D eigenvalue weighted by Crippen LogP contribution is 2.54. The molecule has 0 bridgehead atoms. The number of allylic oxidation sites excluding steroid dienone is 1. The zero-order chi connectivity index (χ0) is 24.5. The Bertz CT molecular complexity index is 1210. The molecule has 1 aromatic rings. The Balaban J connectivity index is 1.67. The Morgan fingerprint density at radius 1 is 1.12 bits per heavy atom. The van der Waals surface area contributed by atoms with Crippen LogP contribution in [-0.2, 0) is 16.0 Å². The topological polar surface area (TPSA) is 141 Å². The molecule has 0 saturated carbocycles. The summed E-state index contributed by atoms with van der Waals surface area (Å²) in [5.74, 6) is -3.83. The van der Waals surface area contributed by atoms with Gasteiger partial charge >= 0.3 is 0 Å². The lowest BCUT2D eigenvalue weighted by Crippen LogP contribution is -2.53. The predicted octanol–water partition coefficient (Wildman–Crippen LogP) is 2.38. The zero-order valence-electron chi connectivity index (χ0n) is 19.5. The number of benzene rings is 1. The van der Waals surface area contributed by atoms with Gasteiger partial charge in [-0.25, -0.2) is 0 Å². The van der Waals surface area contributed by atoms with E-state index in [0.29, 0.717) is 24.1 Å². The molecule has 1 fully saturated rings. The van der Waals surface area contributed by atoms with E-state index in [2.05, 4.69) is 4.90 Å². The van der Waals surface area contributed by atoms with Crippen molar-refractivity contribution in [2.45, 2.75) is 58.0 Å². The summed E-state index contributed by atoms with van der Waals surface area (Å²) in [6, 6.07) is 1.95. The van der Waals surface area contributed by atoms with Gasteiger partial charge in [-0.2, -0.15) is 0 Å². The highest BCUT2D eigenvalue weighted by Gasteiger charge is 2.56. The van der Waals surface area contributed by atoms with Gasteiger partial charge < -0.3 is 26.0 Å². The van der Waals surface area contributed by atoms with Crippen LogP contribution in [0, 0.1) is 18.8 Å². The highest BCUT2D eigenvalue weighted by atomic mass is 16.3. The third-order valence-corrected chi connectivity index (χ3v) is 8.33.